The van der Waals surface area contributed by atoms with Gasteiger partial charge in [-0.25, -0.2) is 0 Å². The molecule has 2 atom stereocenters. The van der Waals surface area contributed by atoms with Gasteiger partial charge in [0.15, 0.2) is 0 Å². The van der Waals surface area contributed by atoms with Crippen LogP contribution in [0.4, 0.5) is 0 Å². The predicted octanol–water partition coefficient (Wildman–Crippen LogP) is 3.71. The number of hydrogen-bond acceptors (Lipinski definition) is 0. The first-order valence-electron chi connectivity index (χ1n) is 5.36. The highest BCUT2D eigenvalue weighted by Crippen LogP contribution is 2.70. The van der Waals surface area contributed by atoms with Crippen LogP contribution in [0.1, 0.15) is 47.5 Å². The van der Waals surface area contributed by atoms with Crippen molar-refractivity contribution in [1.29, 1.82) is 0 Å². The van der Waals surface area contributed by atoms with Crippen LogP contribution in [-0.4, -0.2) is 0 Å². The lowest BCUT2D eigenvalue weighted by atomic mass is 9.66. The average Bonchev–Trinajstić information content (AvgIpc) is 2.30. The third-order valence-corrected chi connectivity index (χ3v) is 4.93. The number of fused-ring (bicyclic) bond motifs is 1. The zero-order valence-corrected chi connectivity index (χ0v) is 9.15. The maximum atomic E-state index is 2.47. The van der Waals surface area contributed by atoms with Crippen molar-refractivity contribution >= 4 is 0 Å². The topological polar surface area (TPSA) is 0 Å². The molecule has 0 amide bonds. The van der Waals surface area contributed by atoms with E-state index in [9.17, 15) is 0 Å². The molecule has 2 unspecified atom stereocenters. The molecule has 0 bridgehead atoms. The van der Waals surface area contributed by atoms with Crippen LogP contribution in [0.3, 0.4) is 0 Å². The van der Waals surface area contributed by atoms with E-state index in [1.807, 2.05) is 0 Å². The highest BCUT2D eigenvalue weighted by molar-refractivity contribution is 5.12. The van der Waals surface area contributed by atoms with Gasteiger partial charge in [0.05, 0.1) is 0 Å². The molecule has 2 aliphatic rings. The van der Waals surface area contributed by atoms with E-state index in [4.69, 9.17) is 0 Å². The summed E-state index contributed by atoms with van der Waals surface area (Å²) in [6.07, 6.45) is 3.05. The molecular formula is C12H22. The molecule has 70 valence electrons. The van der Waals surface area contributed by atoms with Crippen LogP contribution in [0.5, 0.6) is 0 Å². The van der Waals surface area contributed by atoms with Gasteiger partial charge in [0.25, 0.3) is 0 Å². The van der Waals surface area contributed by atoms with Crippen molar-refractivity contribution in [2.45, 2.75) is 47.5 Å². The van der Waals surface area contributed by atoms with Gasteiger partial charge in [0, 0.05) is 0 Å². The molecule has 12 heavy (non-hydrogen) atoms. The molecule has 0 aliphatic heterocycles. The maximum absolute atomic E-state index is 2.47. The van der Waals surface area contributed by atoms with E-state index < -0.39 is 0 Å². The molecule has 2 aliphatic carbocycles. The lowest BCUT2D eigenvalue weighted by Gasteiger charge is -2.39. The Morgan fingerprint density at radius 2 is 1.25 bits per heavy atom. The molecule has 2 saturated carbocycles. The molecule has 0 nitrogen and oxygen atoms in total. The van der Waals surface area contributed by atoms with Crippen LogP contribution in [-0.2, 0) is 0 Å². The van der Waals surface area contributed by atoms with Crippen molar-refractivity contribution in [2.75, 3.05) is 0 Å². The molecule has 0 aromatic carbocycles. The van der Waals surface area contributed by atoms with Crippen LogP contribution >= 0.6 is 0 Å². The van der Waals surface area contributed by atoms with E-state index in [1.54, 1.807) is 0 Å². The van der Waals surface area contributed by atoms with Crippen molar-refractivity contribution in [3.05, 3.63) is 0 Å². The minimum absolute atomic E-state index is 0.481. The smallest absolute Gasteiger partial charge is 0.0272 e. The van der Waals surface area contributed by atoms with Crippen LogP contribution in [0, 0.1) is 28.6 Å². The minimum atomic E-state index is 0.481. The van der Waals surface area contributed by atoms with Gasteiger partial charge in [0.2, 0.25) is 0 Å². The van der Waals surface area contributed by atoms with E-state index in [1.165, 1.54) is 12.8 Å². The van der Waals surface area contributed by atoms with Crippen LogP contribution in [0.15, 0.2) is 0 Å². The Morgan fingerprint density at radius 3 is 1.50 bits per heavy atom. The second kappa shape index (κ2) is 2.08. The van der Waals surface area contributed by atoms with Crippen LogP contribution < -0.4 is 0 Å². The highest BCUT2D eigenvalue weighted by Gasteiger charge is 2.64. The second-order valence-corrected chi connectivity index (χ2v) is 6.40. The van der Waals surface area contributed by atoms with Crippen LogP contribution in [0.2, 0.25) is 0 Å². The van der Waals surface area contributed by atoms with Crippen molar-refractivity contribution in [1.82, 2.24) is 0 Å². The fraction of sp³-hybridized carbons (Fsp3) is 1.00. The van der Waals surface area contributed by atoms with Gasteiger partial charge in [-0.05, 0) is 41.4 Å². The molecule has 0 radical (unpaired) electrons. The third-order valence-electron chi connectivity index (χ3n) is 4.93. The molecule has 0 spiro atoms. The first-order chi connectivity index (χ1) is 5.36. The summed E-state index contributed by atoms with van der Waals surface area (Å²) in [4.78, 5) is 0. The van der Waals surface area contributed by atoms with Crippen LogP contribution in [0.25, 0.3) is 0 Å². The molecule has 0 aromatic rings. The zero-order valence-electron chi connectivity index (χ0n) is 9.15. The molecule has 2 rings (SSSR count). The summed E-state index contributed by atoms with van der Waals surface area (Å²) in [6.45, 7) is 12.1. The zero-order chi connectivity index (χ0) is 9.15. The first-order valence-corrected chi connectivity index (χ1v) is 5.36. The molecular weight excluding hydrogens is 144 g/mol. The largest absolute Gasteiger partial charge is 0.0597 e. The van der Waals surface area contributed by atoms with Crippen molar-refractivity contribution in [2.24, 2.45) is 28.6 Å². The van der Waals surface area contributed by atoms with Gasteiger partial charge in [-0.1, -0.05) is 34.6 Å². The monoisotopic (exact) mass is 166 g/mol. The Balaban J connectivity index is 2.11. The standard InChI is InChI=1S/C12H22/c1-11(2,3)12(4,5)10-8-6-7-9(8)10/h8-10H,6-7H2,1-5H3. The van der Waals surface area contributed by atoms with Gasteiger partial charge in [-0.15, -0.1) is 0 Å². The Bertz CT molecular complexity index is 185. The van der Waals surface area contributed by atoms with Crippen molar-refractivity contribution in [3.63, 3.8) is 0 Å². The molecule has 0 aromatic heterocycles. The van der Waals surface area contributed by atoms with Gasteiger partial charge < -0.3 is 0 Å². The molecule has 0 heterocycles. The fourth-order valence-electron chi connectivity index (χ4n) is 2.93. The first kappa shape index (κ1) is 8.59. The van der Waals surface area contributed by atoms with Crippen molar-refractivity contribution < 1.29 is 0 Å². The second-order valence-electron chi connectivity index (χ2n) is 6.40. The van der Waals surface area contributed by atoms with E-state index in [0.29, 0.717) is 10.8 Å². The Hall–Kier alpha value is 0. The van der Waals surface area contributed by atoms with E-state index in [2.05, 4.69) is 34.6 Å². The summed E-state index contributed by atoms with van der Waals surface area (Å²) in [5.74, 6) is 3.30. The van der Waals surface area contributed by atoms with E-state index >= 15 is 0 Å². The summed E-state index contributed by atoms with van der Waals surface area (Å²) in [5.41, 5.74) is 1.04. The normalized spacial score (nSPS) is 40.2. The molecule has 2 fully saturated rings. The third kappa shape index (κ3) is 0.900. The average molecular weight is 166 g/mol. The Morgan fingerprint density at radius 1 is 0.833 bits per heavy atom. The van der Waals surface area contributed by atoms with E-state index in [0.717, 1.165) is 17.8 Å². The molecule has 0 heteroatoms. The van der Waals surface area contributed by atoms with Gasteiger partial charge in [-0.3, -0.25) is 0 Å². The number of rotatable bonds is 1. The number of hydrogen-bond donors (Lipinski definition) is 0. The SMILES string of the molecule is CC(C)(C)C(C)(C)C1C2CCC21. The summed E-state index contributed by atoms with van der Waals surface area (Å²) in [6, 6.07) is 0. The lowest BCUT2D eigenvalue weighted by molar-refractivity contribution is 0.0954. The fourth-order valence-corrected chi connectivity index (χ4v) is 2.93. The summed E-state index contributed by atoms with van der Waals surface area (Å²) < 4.78 is 0. The van der Waals surface area contributed by atoms with Gasteiger partial charge >= 0.3 is 0 Å². The molecule has 0 N–H and O–H groups in total. The Labute approximate surface area is 76.7 Å². The lowest BCUT2D eigenvalue weighted by Crippen LogP contribution is -2.32. The quantitative estimate of drug-likeness (QED) is 0.557. The minimum Gasteiger partial charge on any atom is -0.0597 e. The summed E-state index contributed by atoms with van der Waals surface area (Å²) >= 11 is 0. The molecule has 0 saturated heterocycles. The highest BCUT2D eigenvalue weighted by atomic mass is 14.7. The van der Waals surface area contributed by atoms with Crippen molar-refractivity contribution in [3.8, 4) is 0 Å². The summed E-state index contributed by atoms with van der Waals surface area (Å²) in [5, 5.41) is 0. The van der Waals surface area contributed by atoms with Gasteiger partial charge in [-0.2, -0.15) is 0 Å². The van der Waals surface area contributed by atoms with E-state index in [-0.39, 0.29) is 0 Å². The maximum Gasteiger partial charge on any atom is -0.0272 e. The van der Waals surface area contributed by atoms with Gasteiger partial charge in [0.1, 0.15) is 0 Å². The Kier molecular flexibility index (Phi) is 1.49. The predicted molar refractivity (Wildman–Crippen MR) is 52.9 cm³/mol. The summed E-state index contributed by atoms with van der Waals surface area (Å²) in [7, 11) is 0.